The van der Waals surface area contributed by atoms with Crippen LogP contribution < -0.4 is 0 Å². The molecule has 27 heavy (non-hydrogen) atoms. The first-order chi connectivity index (χ1) is 12.6. The summed E-state index contributed by atoms with van der Waals surface area (Å²) in [5, 5.41) is 0. The zero-order valence-corrected chi connectivity index (χ0v) is 19.1. The van der Waals surface area contributed by atoms with Crippen molar-refractivity contribution in [2.75, 3.05) is 14.2 Å². The van der Waals surface area contributed by atoms with Gasteiger partial charge in [-0.1, -0.05) is 67.2 Å². The van der Waals surface area contributed by atoms with Crippen LogP contribution in [0.25, 0.3) is 0 Å². The molecule has 4 heteroatoms. The van der Waals surface area contributed by atoms with Gasteiger partial charge in [0.25, 0.3) is 0 Å². The lowest BCUT2D eigenvalue weighted by Gasteiger charge is -2.29. The average Bonchev–Trinajstić information content (AvgIpc) is 2.57. The van der Waals surface area contributed by atoms with Crippen molar-refractivity contribution in [2.24, 2.45) is 29.1 Å². The first kappa shape index (κ1) is 25.9. The Hall–Kier alpha value is -1.06. The highest BCUT2D eigenvalue weighted by molar-refractivity contribution is 5.99. The molecule has 0 N–H and O–H groups in total. The van der Waals surface area contributed by atoms with Gasteiger partial charge in [-0.2, -0.15) is 0 Å². The molecule has 0 aromatic rings. The van der Waals surface area contributed by atoms with Crippen LogP contribution in [-0.2, 0) is 19.1 Å². The van der Waals surface area contributed by atoms with Crippen molar-refractivity contribution in [3.63, 3.8) is 0 Å². The summed E-state index contributed by atoms with van der Waals surface area (Å²) in [6.07, 6.45) is 7.03. The molecule has 0 radical (unpaired) electrons. The summed E-state index contributed by atoms with van der Waals surface area (Å²) in [4.78, 5) is 25.2. The van der Waals surface area contributed by atoms with Gasteiger partial charge in [0.15, 0.2) is 5.41 Å². The molecule has 0 fully saturated rings. The van der Waals surface area contributed by atoms with E-state index in [2.05, 4.69) is 41.5 Å². The number of carbonyl (C=O) groups is 2. The fourth-order valence-corrected chi connectivity index (χ4v) is 4.36. The number of hydrogen-bond acceptors (Lipinski definition) is 4. The molecule has 0 aromatic heterocycles. The Labute approximate surface area is 167 Å². The van der Waals surface area contributed by atoms with Gasteiger partial charge in [-0.05, 0) is 49.4 Å². The molecule has 0 bridgehead atoms. The minimum Gasteiger partial charge on any atom is -0.468 e. The van der Waals surface area contributed by atoms with Crippen LogP contribution in [0.3, 0.4) is 0 Å². The lowest BCUT2D eigenvalue weighted by molar-refractivity contribution is -0.170. The summed E-state index contributed by atoms with van der Waals surface area (Å²) in [7, 11) is 2.73. The molecule has 0 aliphatic rings. The monoisotopic (exact) mass is 384 g/mol. The van der Waals surface area contributed by atoms with E-state index in [0.29, 0.717) is 36.5 Å². The molecule has 160 valence electrons. The van der Waals surface area contributed by atoms with Crippen molar-refractivity contribution in [2.45, 2.75) is 92.9 Å². The largest absolute Gasteiger partial charge is 0.468 e. The highest BCUT2D eigenvalue weighted by Crippen LogP contribution is 2.36. The Morgan fingerprint density at radius 3 is 1.30 bits per heavy atom. The zero-order valence-electron chi connectivity index (χ0n) is 19.1. The molecule has 2 unspecified atom stereocenters. The normalized spacial score (nSPS) is 14.3. The van der Waals surface area contributed by atoms with Crippen LogP contribution in [0.1, 0.15) is 92.9 Å². The van der Waals surface area contributed by atoms with Crippen molar-refractivity contribution in [1.82, 2.24) is 0 Å². The van der Waals surface area contributed by atoms with Gasteiger partial charge in [0.2, 0.25) is 0 Å². The first-order valence-corrected chi connectivity index (χ1v) is 10.8. The third kappa shape index (κ3) is 9.62. The number of carbonyl (C=O) groups excluding carboxylic acids is 2. The Kier molecular flexibility index (Phi) is 12.7. The highest BCUT2D eigenvalue weighted by atomic mass is 16.5. The van der Waals surface area contributed by atoms with E-state index in [1.807, 2.05) is 0 Å². The molecule has 0 spiro atoms. The van der Waals surface area contributed by atoms with Crippen LogP contribution >= 0.6 is 0 Å². The quantitative estimate of drug-likeness (QED) is 0.271. The smallest absolute Gasteiger partial charge is 0.323 e. The highest BCUT2D eigenvalue weighted by Gasteiger charge is 2.47. The summed E-state index contributed by atoms with van der Waals surface area (Å²) in [6.45, 7) is 13.4. The van der Waals surface area contributed by atoms with Crippen LogP contribution in [0, 0.1) is 29.1 Å². The van der Waals surface area contributed by atoms with Crippen LogP contribution in [-0.4, -0.2) is 26.2 Å². The maximum atomic E-state index is 12.6. The molecular weight excluding hydrogens is 340 g/mol. The lowest BCUT2D eigenvalue weighted by atomic mass is 9.76. The van der Waals surface area contributed by atoms with Crippen LogP contribution in [0.4, 0.5) is 0 Å². The molecule has 4 nitrogen and oxygen atoms in total. The average molecular weight is 385 g/mol. The summed E-state index contributed by atoms with van der Waals surface area (Å²) in [5.74, 6) is 1.61. The SMILES string of the molecule is COC(=O)C(CCCC(C)CC(C)C)(CCCC(C)CC(C)C)C(=O)OC. The van der Waals surface area contributed by atoms with E-state index in [0.717, 1.165) is 38.5 Å². The standard InChI is InChI=1S/C23H44O4/c1-17(2)15-19(5)11-9-13-23(21(24)26-7,22(25)27-8)14-10-12-20(6)16-18(3)4/h17-20H,9-16H2,1-8H3. The number of hydrogen-bond donors (Lipinski definition) is 0. The second-order valence-electron chi connectivity index (χ2n) is 9.32. The van der Waals surface area contributed by atoms with Crippen molar-refractivity contribution < 1.29 is 19.1 Å². The maximum absolute atomic E-state index is 12.6. The maximum Gasteiger partial charge on any atom is 0.323 e. The molecule has 0 aliphatic heterocycles. The van der Waals surface area contributed by atoms with Crippen LogP contribution in [0.2, 0.25) is 0 Å². The van der Waals surface area contributed by atoms with Crippen LogP contribution in [0.15, 0.2) is 0 Å². The predicted octanol–water partition coefficient (Wildman–Crippen LogP) is 6.02. The van der Waals surface area contributed by atoms with E-state index < -0.39 is 17.4 Å². The van der Waals surface area contributed by atoms with Gasteiger partial charge < -0.3 is 9.47 Å². The van der Waals surface area contributed by atoms with E-state index in [-0.39, 0.29) is 0 Å². The number of methoxy groups -OCH3 is 2. The Bertz CT molecular complexity index is 388. The van der Waals surface area contributed by atoms with Crippen molar-refractivity contribution in [3.8, 4) is 0 Å². The molecule has 2 atom stereocenters. The van der Waals surface area contributed by atoms with Crippen molar-refractivity contribution in [3.05, 3.63) is 0 Å². The van der Waals surface area contributed by atoms with Crippen LogP contribution in [0.5, 0.6) is 0 Å². The Balaban J connectivity index is 5.02. The molecule has 0 saturated carbocycles. The molecule has 0 rings (SSSR count). The summed E-state index contributed by atoms with van der Waals surface area (Å²) in [5.41, 5.74) is -1.15. The van der Waals surface area contributed by atoms with Gasteiger partial charge in [-0.3, -0.25) is 9.59 Å². The van der Waals surface area contributed by atoms with Gasteiger partial charge in [0, 0.05) is 0 Å². The molecule has 0 aromatic carbocycles. The third-order valence-electron chi connectivity index (χ3n) is 5.50. The van der Waals surface area contributed by atoms with E-state index in [4.69, 9.17) is 9.47 Å². The molecule has 0 amide bonds. The van der Waals surface area contributed by atoms with E-state index in [9.17, 15) is 9.59 Å². The Morgan fingerprint density at radius 1 is 0.704 bits per heavy atom. The second-order valence-corrected chi connectivity index (χ2v) is 9.32. The fraction of sp³-hybridized carbons (Fsp3) is 0.913. The molecule has 0 saturated heterocycles. The molecule has 0 aliphatic carbocycles. The van der Waals surface area contributed by atoms with Gasteiger partial charge in [0.1, 0.15) is 0 Å². The van der Waals surface area contributed by atoms with Gasteiger partial charge in [0.05, 0.1) is 14.2 Å². The zero-order chi connectivity index (χ0) is 21.0. The summed E-state index contributed by atoms with van der Waals surface area (Å²) in [6, 6.07) is 0. The Morgan fingerprint density at radius 2 is 1.04 bits per heavy atom. The number of esters is 2. The predicted molar refractivity (Wildman–Crippen MR) is 111 cm³/mol. The minimum atomic E-state index is -1.15. The van der Waals surface area contributed by atoms with E-state index in [1.165, 1.54) is 14.2 Å². The summed E-state index contributed by atoms with van der Waals surface area (Å²) < 4.78 is 10.1. The molecule has 0 heterocycles. The summed E-state index contributed by atoms with van der Waals surface area (Å²) >= 11 is 0. The fourth-order valence-electron chi connectivity index (χ4n) is 4.36. The van der Waals surface area contributed by atoms with E-state index >= 15 is 0 Å². The van der Waals surface area contributed by atoms with Gasteiger partial charge in [-0.25, -0.2) is 0 Å². The number of rotatable bonds is 14. The van der Waals surface area contributed by atoms with Gasteiger partial charge >= 0.3 is 11.9 Å². The van der Waals surface area contributed by atoms with Gasteiger partial charge in [-0.15, -0.1) is 0 Å². The van der Waals surface area contributed by atoms with E-state index in [1.54, 1.807) is 0 Å². The topological polar surface area (TPSA) is 52.6 Å². The third-order valence-corrected chi connectivity index (χ3v) is 5.50. The first-order valence-electron chi connectivity index (χ1n) is 10.8. The van der Waals surface area contributed by atoms with Crippen molar-refractivity contribution in [1.29, 1.82) is 0 Å². The van der Waals surface area contributed by atoms with Crippen molar-refractivity contribution >= 4 is 11.9 Å². The molecular formula is C23H44O4. The second kappa shape index (κ2) is 13.2. The number of ether oxygens (including phenoxy) is 2. The lowest BCUT2D eigenvalue weighted by Crippen LogP contribution is -2.41. The minimum absolute atomic E-state index is 0.442.